The van der Waals surface area contributed by atoms with Crippen molar-refractivity contribution in [1.29, 1.82) is 0 Å². The van der Waals surface area contributed by atoms with Gasteiger partial charge in [0.15, 0.2) is 0 Å². The summed E-state index contributed by atoms with van der Waals surface area (Å²) in [5, 5.41) is 3.68. The molecule has 0 unspecified atom stereocenters. The van der Waals surface area contributed by atoms with Crippen LogP contribution in [0.4, 0.5) is 5.69 Å². The lowest BCUT2D eigenvalue weighted by Gasteiger charge is -2.25. The predicted molar refractivity (Wildman–Crippen MR) is 77.1 cm³/mol. The van der Waals surface area contributed by atoms with E-state index in [2.05, 4.69) is 56.2 Å². The van der Waals surface area contributed by atoms with Crippen LogP contribution in [0.3, 0.4) is 0 Å². The number of anilines is 1. The molecule has 1 saturated carbocycles. The van der Waals surface area contributed by atoms with E-state index in [1.807, 2.05) is 0 Å². The number of rotatable bonds is 2. The van der Waals surface area contributed by atoms with E-state index in [9.17, 15) is 0 Å². The molecular weight excluding hydrogens is 330 g/mol. The molecule has 1 aliphatic carbocycles. The van der Waals surface area contributed by atoms with E-state index in [4.69, 9.17) is 0 Å². The van der Waals surface area contributed by atoms with Crippen LogP contribution in [0, 0.1) is 6.92 Å². The van der Waals surface area contributed by atoms with Crippen LogP contribution in [0.2, 0.25) is 0 Å². The number of benzene rings is 1. The third-order valence-corrected chi connectivity index (χ3v) is 4.29. The van der Waals surface area contributed by atoms with Gasteiger partial charge in [0, 0.05) is 15.0 Å². The summed E-state index contributed by atoms with van der Waals surface area (Å²) in [6.07, 6.45) is 6.75. The Kier molecular flexibility index (Phi) is 4.31. The van der Waals surface area contributed by atoms with Gasteiger partial charge in [-0.2, -0.15) is 0 Å². The van der Waals surface area contributed by atoms with Crippen molar-refractivity contribution in [3.63, 3.8) is 0 Å². The van der Waals surface area contributed by atoms with E-state index < -0.39 is 0 Å². The highest BCUT2D eigenvalue weighted by atomic mass is 79.9. The molecule has 0 amide bonds. The zero-order chi connectivity index (χ0) is 11.5. The summed E-state index contributed by atoms with van der Waals surface area (Å²) in [5.74, 6) is 0. The van der Waals surface area contributed by atoms with Crippen LogP contribution in [0.25, 0.3) is 0 Å². The van der Waals surface area contributed by atoms with Crippen molar-refractivity contribution in [3.05, 3.63) is 26.6 Å². The lowest BCUT2D eigenvalue weighted by atomic mass is 9.95. The molecule has 88 valence electrons. The van der Waals surface area contributed by atoms with Crippen molar-refractivity contribution in [2.24, 2.45) is 0 Å². The minimum absolute atomic E-state index is 0.657. The van der Waals surface area contributed by atoms with E-state index in [0.717, 1.165) is 8.95 Å². The number of aryl methyl sites for hydroxylation is 1. The quantitative estimate of drug-likeness (QED) is 0.769. The van der Waals surface area contributed by atoms with Crippen LogP contribution >= 0.6 is 31.9 Å². The molecule has 0 saturated heterocycles. The maximum Gasteiger partial charge on any atom is 0.0517 e. The maximum absolute atomic E-state index is 3.68. The van der Waals surface area contributed by atoms with Crippen molar-refractivity contribution in [2.75, 3.05) is 5.32 Å². The summed E-state index contributed by atoms with van der Waals surface area (Å²) < 4.78 is 2.29. The number of hydrogen-bond donors (Lipinski definition) is 1. The van der Waals surface area contributed by atoms with Gasteiger partial charge in [-0.25, -0.2) is 0 Å². The molecule has 16 heavy (non-hydrogen) atoms. The highest BCUT2D eigenvalue weighted by Gasteiger charge is 2.15. The van der Waals surface area contributed by atoms with Crippen molar-refractivity contribution < 1.29 is 0 Å². The van der Waals surface area contributed by atoms with E-state index in [1.165, 1.54) is 43.4 Å². The van der Waals surface area contributed by atoms with Gasteiger partial charge >= 0.3 is 0 Å². The van der Waals surface area contributed by atoms with Gasteiger partial charge in [0.25, 0.3) is 0 Å². The fourth-order valence-electron chi connectivity index (χ4n) is 2.34. The molecule has 1 aromatic rings. The van der Waals surface area contributed by atoms with Gasteiger partial charge in [-0.05, 0) is 53.4 Å². The summed E-state index contributed by atoms with van der Waals surface area (Å²) >= 11 is 7.15. The number of halogens is 2. The van der Waals surface area contributed by atoms with Crippen molar-refractivity contribution in [3.8, 4) is 0 Å². The molecule has 0 aliphatic heterocycles. The zero-order valence-electron chi connectivity index (χ0n) is 9.52. The smallest absolute Gasteiger partial charge is 0.0517 e. The van der Waals surface area contributed by atoms with E-state index in [1.54, 1.807) is 0 Å². The molecule has 0 heterocycles. The summed E-state index contributed by atoms with van der Waals surface area (Å²) in [7, 11) is 0. The molecule has 0 radical (unpaired) electrons. The Morgan fingerprint density at radius 2 is 1.81 bits per heavy atom. The fraction of sp³-hybridized carbons (Fsp3) is 0.538. The first-order valence-electron chi connectivity index (χ1n) is 5.89. The second-order valence-corrected chi connectivity index (χ2v) is 6.33. The minimum atomic E-state index is 0.657. The molecule has 1 aliphatic rings. The topological polar surface area (TPSA) is 12.0 Å². The fourth-order valence-corrected chi connectivity index (χ4v) is 3.89. The van der Waals surface area contributed by atoms with Crippen LogP contribution in [0.1, 0.15) is 37.7 Å². The van der Waals surface area contributed by atoms with Crippen LogP contribution in [-0.4, -0.2) is 6.04 Å². The Bertz CT molecular complexity index is 347. The first-order chi connectivity index (χ1) is 7.66. The zero-order valence-corrected chi connectivity index (χ0v) is 12.7. The molecule has 1 nitrogen and oxygen atoms in total. The molecule has 0 spiro atoms. The van der Waals surface area contributed by atoms with Gasteiger partial charge in [-0.3, -0.25) is 0 Å². The molecular formula is C13H17Br2N. The lowest BCUT2D eigenvalue weighted by Crippen LogP contribution is -2.22. The summed E-state index contributed by atoms with van der Waals surface area (Å²) in [6.45, 7) is 2.15. The van der Waals surface area contributed by atoms with Crippen molar-refractivity contribution in [2.45, 2.75) is 45.1 Å². The Morgan fingerprint density at radius 1 is 1.12 bits per heavy atom. The summed E-state index contributed by atoms with van der Waals surface area (Å²) in [6, 6.07) is 4.93. The standard InChI is InChI=1S/C13H17Br2N/c1-9-7-10(14)8-12(15)13(9)16-11-5-3-2-4-6-11/h7-8,11,16H,2-6H2,1H3. The predicted octanol–water partition coefficient (Wildman–Crippen LogP) is 5.26. The molecule has 0 bridgehead atoms. The monoisotopic (exact) mass is 345 g/mol. The Morgan fingerprint density at radius 3 is 2.44 bits per heavy atom. The Hall–Kier alpha value is -0.0200. The SMILES string of the molecule is Cc1cc(Br)cc(Br)c1NC1CCCCC1. The summed E-state index contributed by atoms with van der Waals surface area (Å²) in [5.41, 5.74) is 2.56. The average Bonchev–Trinajstić information content (AvgIpc) is 2.25. The van der Waals surface area contributed by atoms with Crippen LogP contribution < -0.4 is 5.32 Å². The van der Waals surface area contributed by atoms with E-state index in [0.29, 0.717) is 6.04 Å². The van der Waals surface area contributed by atoms with Gasteiger partial charge in [0.2, 0.25) is 0 Å². The van der Waals surface area contributed by atoms with Gasteiger partial charge in [-0.15, -0.1) is 0 Å². The van der Waals surface area contributed by atoms with Crippen LogP contribution in [-0.2, 0) is 0 Å². The molecule has 3 heteroatoms. The first kappa shape index (κ1) is 12.4. The molecule has 0 aromatic heterocycles. The second-order valence-electron chi connectivity index (χ2n) is 4.56. The molecule has 2 rings (SSSR count). The molecule has 1 fully saturated rings. The van der Waals surface area contributed by atoms with Crippen LogP contribution in [0.15, 0.2) is 21.1 Å². The van der Waals surface area contributed by atoms with Crippen LogP contribution in [0.5, 0.6) is 0 Å². The Balaban J connectivity index is 2.14. The van der Waals surface area contributed by atoms with Crippen molar-refractivity contribution in [1.82, 2.24) is 0 Å². The van der Waals surface area contributed by atoms with Crippen molar-refractivity contribution >= 4 is 37.5 Å². The average molecular weight is 347 g/mol. The minimum Gasteiger partial charge on any atom is -0.381 e. The molecule has 1 N–H and O–H groups in total. The van der Waals surface area contributed by atoms with Gasteiger partial charge in [0.1, 0.15) is 0 Å². The van der Waals surface area contributed by atoms with Gasteiger partial charge in [-0.1, -0.05) is 35.2 Å². The lowest BCUT2D eigenvalue weighted by molar-refractivity contribution is 0.462. The van der Waals surface area contributed by atoms with E-state index in [-0.39, 0.29) is 0 Å². The third-order valence-electron chi connectivity index (χ3n) is 3.21. The van der Waals surface area contributed by atoms with Gasteiger partial charge < -0.3 is 5.32 Å². The largest absolute Gasteiger partial charge is 0.381 e. The molecule has 0 atom stereocenters. The van der Waals surface area contributed by atoms with E-state index >= 15 is 0 Å². The Labute approximate surface area is 114 Å². The maximum atomic E-state index is 3.68. The summed E-state index contributed by atoms with van der Waals surface area (Å²) in [4.78, 5) is 0. The number of nitrogens with one attached hydrogen (secondary N) is 1. The van der Waals surface area contributed by atoms with Gasteiger partial charge in [0.05, 0.1) is 5.69 Å². The third kappa shape index (κ3) is 3.01. The molecule has 1 aromatic carbocycles. The first-order valence-corrected chi connectivity index (χ1v) is 7.47. The second kappa shape index (κ2) is 5.54. The highest BCUT2D eigenvalue weighted by Crippen LogP contribution is 2.32. The normalized spacial score (nSPS) is 17.4. The number of hydrogen-bond acceptors (Lipinski definition) is 1. The highest BCUT2D eigenvalue weighted by molar-refractivity contribution is 9.11.